The van der Waals surface area contributed by atoms with Gasteiger partial charge in [-0.3, -0.25) is 14.5 Å². The number of hydrogen-bond acceptors (Lipinski definition) is 5. The van der Waals surface area contributed by atoms with Crippen molar-refractivity contribution >= 4 is 29.3 Å². The lowest BCUT2D eigenvalue weighted by atomic mass is 10.2. The second kappa shape index (κ2) is 5.79. The van der Waals surface area contributed by atoms with E-state index in [4.69, 9.17) is 9.47 Å². The maximum atomic E-state index is 12.0. The number of anilines is 2. The van der Waals surface area contributed by atoms with Crippen LogP contribution in [0.5, 0.6) is 5.75 Å². The molecule has 2 aliphatic rings. The first-order valence-corrected chi connectivity index (χ1v) is 7.21. The minimum Gasteiger partial charge on any atom is -0.481 e. The number of likely N-dealkylation sites (N-methyl/N-ethyl adjacent to an activating group) is 1. The van der Waals surface area contributed by atoms with E-state index in [9.17, 15) is 14.4 Å². The van der Waals surface area contributed by atoms with E-state index < -0.39 is 12.2 Å². The molecule has 0 saturated carbocycles. The zero-order valence-electron chi connectivity index (χ0n) is 12.9. The molecule has 3 rings (SSSR count). The van der Waals surface area contributed by atoms with Gasteiger partial charge in [0.1, 0.15) is 11.9 Å². The van der Waals surface area contributed by atoms with Gasteiger partial charge in [0.25, 0.3) is 5.91 Å². The summed E-state index contributed by atoms with van der Waals surface area (Å²) in [6.45, 7) is 2.00. The average molecular weight is 319 g/mol. The number of fused-ring (bicyclic) bond motifs is 1. The monoisotopic (exact) mass is 319 g/mol. The van der Waals surface area contributed by atoms with Crippen LogP contribution in [0.3, 0.4) is 0 Å². The number of carbonyl (C=O) groups is 3. The van der Waals surface area contributed by atoms with Crippen LogP contribution in [0, 0.1) is 0 Å². The third kappa shape index (κ3) is 2.92. The highest BCUT2D eigenvalue weighted by molar-refractivity contribution is 5.98. The summed E-state index contributed by atoms with van der Waals surface area (Å²) in [5, 5.41) is 2.63. The largest absolute Gasteiger partial charge is 0.481 e. The van der Waals surface area contributed by atoms with Crippen LogP contribution in [0.4, 0.5) is 16.2 Å². The number of cyclic esters (lactones) is 1. The summed E-state index contributed by atoms with van der Waals surface area (Å²) >= 11 is 0. The molecule has 1 unspecified atom stereocenters. The normalized spacial score (nSPS) is 20.0. The first kappa shape index (κ1) is 15.1. The van der Waals surface area contributed by atoms with Crippen molar-refractivity contribution < 1.29 is 23.9 Å². The zero-order valence-corrected chi connectivity index (χ0v) is 12.9. The summed E-state index contributed by atoms with van der Waals surface area (Å²) < 4.78 is 10.6. The summed E-state index contributed by atoms with van der Waals surface area (Å²) in [4.78, 5) is 37.5. The molecule has 0 aliphatic carbocycles. The summed E-state index contributed by atoms with van der Waals surface area (Å²) in [7, 11) is 1.68. The molecule has 1 atom stereocenters. The van der Waals surface area contributed by atoms with Crippen molar-refractivity contribution in [3.63, 3.8) is 0 Å². The van der Waals surface area contributed by atoms with Crippen molar-refractivity contribution in [3.8, 4) is 5.75 Å². The Labute approximate surface area is 132 Å². The molecule has 0 aromatic heterocycles. The first-order valence-electron chi connectivity index (χ1n) is 7.21. The standard InChI is InChI=1S/C15H17N3O5/c1-9(19)16-6-11-7-18(15(21)23-11)10-3-4-12-13(5-10)22-8-14(20)17(12)2/h3-5,11H,6-8H2,1-2H3,(H,16,19). The fourth-order valence-electron chi connectivity index (χ4n) is 2.53. The van der Waals surface area contributed by atoms with Crippen LogP contribution in [-0.4, -0.2) is 50.8 Å². The molecule has 1 aromatic carbocycles. The molecule has 8 nitrogen and oxygen atoms in total. The van der Waals surface area contributed by atoms with Gasteiger partial charge in [-0.25, -0.2) is 4.79 Å². The molecular formula is C15H17N3O5. The molecule has 0 radical (unpaired) electrons. The first-order chi connectivity index (χ1) is 11.0. The van der Waals surface area contributed by atoms with Crippen LogP contribution in [-0.2, 0) is 14.3 Å². The van der Waals surface area contributed by atoms with Crippen molar-refractivity contribution in [2.75, 3.05) is 36.5 Å². The van der Waals surface area contributed by atoms with Gasteiger partial charge in [-0.05, 0) is 12.1 Å². The SMILES string of the molecule is CC(=O)NCC1CN(c2ccc3c(c2)OCC(=O)N3C)C(=O)O1. The molecule has 0 spiro atoms. The summed E-state index contributed by atoms with van der Waals surface area (Å²) in [6.07, 6.45) is -0.867. The Hall–Kier alpha value is -2.77. The third-order valence-electron chi connectivity index (χ3n) is 3.79. The van der Waals surface area contributed by atoms with Gasteiger partial charge in [0.2, 0.25) is 5.91 Å². The topological polar surface area (TPSA) is 88.2 Å². The number of nitrogens with one attached hydrogen (secondary N) is 1. The van der Waals surface area contributed by atoms with Crippen molar-refractivity contribution in [1.29, 1.82) is 0 Å². The number of carbonyl (C=O) groups excluding carboxylic acids is 3. The number of amides is 3. The van der Waals surface area contributed by atoms with E-state index in [-0.39, 0.29) is 25.0 Å². The second-order valence-corrected chi connectivity index (χ2v) is 5.45. The van der Waals surface area contributed by atoms with Crippen molar-refractivity contribution in [2.24, 2.45) is 0 Å². The highest BCUT2D eigenvalue weighted by Gasteiger charge is 2.33. The maximum Gasteiger partial charge on any atom is 0.414 e. The van der Waals surface area contributed by atoms with Gasteiger partial charge < -0.3 is 19.7 Å². The van der Waals surface area contributed by atoms with Crippen LogP contribution in [0.15, 0.2) is 18.2 Å². The van der Waals surface area contributed by atoms with E-state index in [0.29, 0.717) is 23.7 Å². The Morgan fingerprint density at radius 2 is 2.17 bits per heavy atom. The minimum atomic E-state index is -0.472. The summed E-state index contributed by atoms with van der Waals surface area (Å²) in [6, 6.07) is 5.18. The number of ether oxygens (including phenoxy) is 2. The van der Waals surface area contributed by atoms with Crippen LogP contribution in [0.25, 0.3) is 0 Å². The third-order valence-corrected chi connectivity index (χ3v) is 3.79. The highest BCUT2D eigenvalue weighted by Crippen LogP contribution is 2.35. The van der Waals surface area contributed by atoms with Gasteiger partial charge in [-0.15, -0.1) is 0 Å². The van der Waals surface area contributed by atoms with E-state index >= 15 is 0 Å². The Morgan fingerprint density at radius 3 is 2.91 bits per heavy atom. The molecule has 1 fully saturated rings. The molecule has 1 N–H and O–H groups in total. The van der Waals surface area contributed by atoms with Crippen molar-refractivity contribution in [1.82, 2.24) is 5.32 Å². The molecule has 8 heteroatoms. The molecule has 2 aliphatic heterocycles. The number of nitrogens with zero attached hydrogens (tertiary/aromatic N) is 2. The number of rotatable bonds is 3. The highest BCUT2D eigenvalue weighted by atomic mass is 16.6. The van der Waals surface area contributed by atoms with Gasteiger partial charge in [0.05, 0.1) is 24.5 Å². The van der Waals surface area contributed by atoms with Crippen LogP contribution in [0.1, 0.15) is 6.92 Å². The van der Waals surface area contributed by atoms with Gasteiger partial charge in [0.15, 0.2) is 6.61 Å². The lowest BCUT2D eigenvalue weighted by Crippen LogP contribution is -2.35. The average Bonchev–Trinajstić information content (AvgIpc) is 2.90. The number of benzene rings is 1. The van der Waals surface area contributed by atoms with E-state index in [0.717, 1.165) is 0 Å². The van der Waals surface area contributed by atoms with Gasteiger partial charge in [0, 0.05) is 20.0 Å². The quantitative estimate of drug-likeness (QED) is 0.876. The Balaban J connectivity index is 1.76. The van der Waals surface area contributed by atoms with Gasteiger partial charge >= 0.3 is 6.09 Å². The fourth-order valence-corrected chi connectivity index (χ4v) is 2.53. The maximum absolute atomic E-state index is 12.0. The minimum absolute atomic E-state index is 0.0252. The molecule has 23 heavy (non-hydrogen) atoms. The summed E-state index contributed by atoms with van der Waals surface area (Å²) in [5.74, 6) is 0.248. The molecular weight excluding hydrogens is 302 g/mol. The van der Waals surface area contributed by atoms with E-state index in [1.54, 1.807) is 25.2 Å². The van der Waals surface area contributed by atoms with Crippen LogP contribution < -0.4 is 19.9 Å². The van der Waals surface area contributed by atoms with Crippen LogP contribution in [0.2, 0.25) is 0 Å². The molecule has 1 aromatic rings. The van der Waals surface area contributed by atoms with Gasteiger partial charge in [-0.1, -0.05) is 0 Å². The Morgan fingerprint density at radius 1 is 1.39 bits per heavy atom. The lowest BCUT2D eigenvalue weighted by molar-refractivity contribution is -0.121. The van der Waals surface area contributed by atoms with Crippen LogP contribution >= 0.6 is 0 Å². The fraction of sp³-hybridized carbons (Fsp3) is 0.400. The molecule has 0 bridgehead atoms. The predicted molar refractivity (Wildman–Crippen MR) is 81.6 cm³/mol. The van der Waals surface area contributed by atoms with E-state index in [1.165, 1.54) is 16.7 Å². The second-order valence-electron chi connectivity index (χ2n) is 5.45. The smallest absolute Gasteiger partial charge is 0.414 e. The van der Waals surface area contributed by atoms with Crippen molar-refractivity contribution in [2.45, 2.75) is 13.0 Å². The predicted octanol–water partition coefficient (Wildman–Crippen LogP) is 0.503. The number of hydrogen-bond donors (Lipinski definition) is 1. The van der Waals surface area contributed by atoms with E-state index in [1.807, 2.05) is 0 Å². The molecule has 122 valence electrons. The van der Waals surface area contributed by atoms with E-state index in [2.05, 4.69) is 5.32 Å². The zero-order chi connectivity index (χ0) is 16.6. The van der Waals surface area contributed by atoms with Gasteiger partial charge in [-0.2, -0.15) is 0 Å². The Bertz CT molecular complexity index is 675. The molecule has 1 saturated heterocycles. The lowest BCUT2D eigenvalue weighted by Gasteiger charge is -2.27. The van der Waals surface area contributed by atoms with Crippen molar-refractivity contribution in [3.05, 3.63) is 18.2 Å². The molecule has 3 amide bonds. The molecule has 2 heterocycles. The summed E-state index contributed by atoms with van der Waals surface area (Å²) in [5.41, 5.74) is 1.29. The Kier molecular flexibility index (Phi) is 3.81.